The van der Waals surface area contributed by atoms with Crippen molar-refractivity contribution < 1.29 is 4.79 Å². The van der Waals surface area contributed by atoms with Crippen LogP contribution in [-0.4, -0.2) is 12.3 Å². The number of para-hydroxylation sites is 1. The maximum atomic E-state index is 11.1. The molecule has 2 nitrogen and oxygen atoms in total. The Bertz CT molecular complexity index is 665. The van der Waals surface area contributed by atoms with Crippen molar-refractivity contribution in [2.45, 2.75) is 37.6 Å². The topological polar surface area (TPSA) is 20.3 Å². The van der Waals surface area contributed by atoms with Gasteiger partial charge in [-0.25, -0.2) is 0 Å². The van der Waals surface area contributed by atoms with Gasteiger partial charge in [0, 0.05) is 28.9 Å². The summed E-state index contributed by atoms with van der Waals surface area (Å²) >= 11 is 0. The van der Waals surface area contributed by atoms with E-state index in [-0.39, 0.29) is 0 Å². The Labute approximate surface area is 125 Å². The van der Waals surface area contributed by atoms with Crippen LogP contribution in [-0.2, 0) is 0 Å². The predicted molar refractivity (Wildman–Crippen MR) is 85.4 cm³/mol. The van der Waals surface area contributed by atoms with Crippen LogP contribution >= 0.6 is 0 Å². The number of fused-ring (bicyclic) bond motifs is 3. The molecule has 2 atom stereocenters. The number of benzene rings is 2. The fraction of sp³-hybridized carbons (Fsp3) is 0.316. The number of nitrogens with zero attached hydrogens (tertiary/aromatic N) is 1. The molecule has 2 aromatic rings. The van der Waals surface area contributed by atoms with Crippen molar-refractivity contribution >= 4 is 17.7 Å². The van der Waals surface area contributed by atoms with Gasteiger partial charge < -0.3 is 4.90 Å². The second kappa shape index (κ2) is 5.03. The first-order valence-electron chi connectivity index (χ1n) is 7.82. The fourth-order valence-electron chi connectivity index (χ4n) is 4.04. The first kappa shape index (κ1) is 12.6. The smallest absolute Gasteiger partial charge is 0.150 e. The van der Waals surface area contributed by atoms with Gasteiger partial charge in [0.05, 0.1) is 0 Å². The lowest BCUT2D eigenvalue weighted by molar-refractivity contribution is 0.112. The van der Waals surface area contributed by atoms with Gasteiger partial charge in [0.25, 0.3) is 0 Å². The van der Waals surface area contributed by atoms with Crippen LogP contribution in [0.2, 0.25) is 0 Å². The van der Waals surface area contributed by atoms with Gasteiger partial charge in [0.2, 0.25) is 0 Å². The molecule has 0 N–H and O–H groups in total. The molecule has 0 radical (unpaired) electrons. The third-order valence-electron chi connectivity index (χ3n) is 4.94. The third kappa shape index (κ3) is 1.98. The average Bonchev–Trinajstić information content (AvgIpc) is 2.89. The summed E-state index contributed by atoms with van der Waals surface area (Å²) in [7, 11) is 0. The SMILES string of the molecule is O=Cc1ccc2c(c1)C1CCCCC1N2c1ccccc1. The van der Waals surface area contributed by atoms with E-state index >= 15 is 0 Å². The Hall–Kier alpha value is -2.09. The van der Waals surface area contributed by atoms with Crippen LogP contribution in [0.15, 0.2) is 48.5 Å². The van der Waals surface area contributed by atoms with Gasteiger partial charge in [-0.3, -0.25) is 4.79 Å². The molecule has 2 heteroatoms. The molecule has 0 aromatic heterocycles. The van der Waals surface area contributed by atoms with E-state index < -0.39 is 0 Å². The van der Waals surface area contributed by atoms with Crippen LogP contribution in [0.3, 0.4) is 0 Å². The van der Waals surface area contributed by atoms with Crippen LogP contribution in [0.4, 0.5) is 11.4 Å². The van der Waals surface area contributed by atoms with E-state index in [1.54, 1.807) is 0 Å². The standard InChI is InChI=1S/C19H19NO/c21-13-14-10-11-19-17(12-14)16-8-4-5-9-18(16)20(19)15-6-2-1-3-7-15/h1-3,6-7,10-13,16,18H,4-5,8-9H2. The van der Waals surface area contributed by atoms with E-state index in [0.29, 0.717) is 12.0 Å². The van der Waals surface area contributed by atoms with Gasteiger partial charge in [-0.05, 0) is 48.7 Å². The molecule has 0 amide bonds. The Morgan fingerprint density at radius 3 is 2.62 bits per heavy atom. The molecule has 0 saturated heterocycles. The van der Waals surface area contributed by atoms with Gasteiger partial charge in [-0.1, -0.05) is 31.0 Å². The molecular formula is C19H19NO. The summed E-state index contributed by atoms with van der Waals surface area (Å²) in [6, 6.07) is 17.4. The van der Waals surface area contributed by atoms with Crippen LogP contribution in [0.5, 0.6) is 0 Å². The normalized spacial score (nSPS) is 23.5. The lowest BCUT2D eigenvalue weighted by atomic mass is 9.82. The van der Waals surface area contributed by atoms with Crippen molar-refractivity contribution in [2.75, 3.05) is 4.90 Å². The summed E-state index contributed by atoms with van der Waals surface area (Å²) in [5.41, 5.74) is 4.73. The van der Waals surface area contributed by atoms with Gasteiger partial charge >= 0.3 is 0 Å². The highest BCUT2D eigenvalue weighted by molar-refractivity contribution is 5.80. The molecule has 1 aliphatic heterocycles. The summed E-state index contributed by atoms with van der Waals surface area (Å²) in [5, 5.41) is 0. The van der Waals surface area contributed by atoms with Crippen molar-refractivity contribution in [1.82, 2.24) is 0 Å². The number of anilines is 2. The fourth-order valence-corrected chi connectivity index (χ4v) is 4.04. The highest BCUT2D eigenvalue weighted by atomic mass is 16.1. The average molecular weight is 277 g/mol. The molecular weight excluding hydrogens is 258 g/mol. The molecule has 2 aliphatic rings. The number of hydrogen-bond donors (Lipinski definition) is 0. The predicted octanol–water partition coefficient (Wildman–Crippen LogP) is 4.68. The van der Waals surface area contributed by atoms with E-state index in [9.17, 15) is 4.79 Å². The van der Waals surface area contributed by atoms with Crippen molar-refractivity contribution in [3.8, 4) is 0 Å². The molecule has 2 unspecified atom stereocenters. The van der Waals surface area contributed by atoms with Crippen molar-refractivity contribution in [3.05, 3.63) is 59.7 Å². The zero-order chi connectivity index (χ0) is 14.2. The van der Waals surface area contributed by atoms with Crippen LogP contribution in [0.25, 0.3) is 0 Å². The van der Waals surface area contributed by atoms with E-state index in [4.69, 9.17) is 0 Å². The summed E-state index contributed by atoms with van der Waals surface area (Å²) in [5.74, 6) is 0.578. The van der Waals surface area contributed by atoms with E-state index in [1.807, 2.05) is 6.07 Å². The monoisotopic (exact) mass is 277 g/mol. The van der Waals surface area contributed by atoms with Crippen molar-refractivity contribution in [1.29, 1.82) is 0 Å². The van der Waals surface area contributed by atoms with Crippen LogP contribution < -0.4 is 4.90 Å². The van der Waals surface area contributed by atoms with E-state index in [1.165, 1.54) is 42.6 Å². The molecule has 4 rings (SSSR count). The minimum absolute atomic E-state index is 0.554. The first-order chi connectivity index (χ1) is 10.4. The highest BCUT2D eigenvalue weighted by Gasteiger charge is 2.40. The number of aldehydes is 1. The number of carbonyl (C=O) groups excluding carboxylic acids is 1. The number of hydrogen-bond acceptors (Lipinski definition) is 2. The highest BCUT2D eigenvalue weighted by Crippen LogP contribution is 2.50. The van der Waals surface area contributed by atoms with Gasteiger partial charge in [0.1, 0.15) is 6.29 Å². The van der Waals surface area contributed by atoms with Gasteiger partial charge in [0.15, 0.2) is 0 Å². The largest absolute Gasteiger partial charge is 0.338 e. The van der Waals surface area contributed by atoms with Crippen molar-refractivity contribution in [2.24, 2.45) is 0 Å². The Morgan fingerprint density at radius 1 is 1.00 bits per heavy atom. The van der Waals surface area contributed by atoms with Crippen LogP contribution in [0, 0.1) is 0 Å². The lowest BCUT2D eigenvalue weighted by Crippen LogP contribution is -2.32. The molecule has 1 aliphatic carbocycles. The zero-order valence-electron chi connectivity index (χ0n) is 12.0. The first-order valence-corrected chi connectivity index (χ1v) is 7.82. The molecule has 0 bridgehead atoms. The number of carbonyl (C=O) groups is 1. The summed E-state index contributed by atoms with van der Waals surface area (Å²) in [6.07, 6.45) is 6.05. The Kier molecular flexibility index (Phi) is 3.03. The van der Waals surface area contributed by atoms with Gasteiger partial charge in [-0.15, -0.1) is 0 Å². The zero-order valence-corrected chi connectivity index (χ0v) is 12.0. The summed E-state index contributed by atoms with van der Waals surface area (Å²) in [6.45, 7) is 0. The molecule has 1 fully saturated rings. The van der Waals surface area contributed by atoms with E-state index in [2.05, 4.69) is 47.4 Å². The maximum Gasteiger partial charge on any atom is 0.150 e. The second-order valence-corrected chi connectivity index (χ2v) is 6.10. The molecule has 1 saturated carbocycles. The molecule has 2 aromatic carbocycles. The van der Waals surface area contributed by atoms with Crippen molar-refractivity contribution in [3.63, 3.8) is 0 Å². The summed E-state index contributed by atoms with van der Waals surface area (Å²) < 4.78 is 0. The second-order valence-electron chi connectivity index (χ2n) is 6.10. The minimum atomic E-state index is 0.554. The van der Waals surface area contributed by atoms with Gasteiger partial charge in [-0.2, -0.15) is 0 Å². The molecule has 21 heavy (non-hydrogen) atoms. The Morgan fingerprint density at radius 2 is 1.81 bits per heavy atom. The number of rotatable bonds is 2. The maximum absolute atomic E-state index is 11.1. The third-order valence-corrected chi connectivity index (χ3v) is 4.94. The Balaban J connectivity index is 1.86. The molecule has 1 heterocycles. The minimum Gasteiger partial charge on any atom is -0.338 e. The molecule has 106 valence electrons. The quantitative estimate of drug-likeness (QED) is 0.743. The lowest BCUT2D eigenvalue weighted by Gasteiger charge is -2.33. The summed E-state index contributed by atoms with van der Waals surface area (Å²) in [4.78, 5) is 13.6. The van der Waals surface area contributed by atoms with Crippen LogP contribution in [0.1, 0.15) is 47.5 Å². The molecule has 0 spiro atoms. The van der Waals surface area contributed by atoms with E-state index in [0.717, 1.165) is 11.8 Å².